The first-order valence-corrected chi connectivity index (χ1v) is 8.36. The minimum absolute atomic E-state index is 0.0842. The SMILES string of the molecule is Cc1cnc(C(=O)N2C[C@@H]3COC[C@]3(COc3ccccn3)C2)cn1. The number of ether oxygens (including phenoxy) is 2. The molecule has 0 unspecified atom stereocenters. The third kappa shape index (κ3) is 3.07. The molecule has 2 saturated heterocycles. The number of hydrogen-bond donors (Lipinski definition) is 0. The van der Waals surface area contributed by atoms with Crippen molar-refractivity contribution in [1.82, 2.24) is 19.9 Å². The maximum atomic E-state index is 12.7. The molecule has 7 nitrogen and oxygen atoms in total. The van der Waals surface area contributed by atoms with Gasteiger partial charge in [-0.25, -0.2) is 9.97 Å². The van der Waals surface area contributed by atoms with E-state index in [0.29, 0.717) is 44.5 Å². The summed E-state index contributed by atoms with van der Waals surface area (Å²) >= 11 is 0. The molecule has 1 amide bonds. The average molecular weight is 340 g/mol. The maximum Gasteiger partial charge on any atom is 0.274 e. The molecule has 0 radical (unpaired) electrons. The summed E-state index contributed by atoms with van der Waals surface area (Å²) in [5, 5.41) is 0. The van der Waals surface area contributed by atoms with Crippen molar-refractivity contribution >= 4 is 5.91 Å². The highest BCUT2D eigenvalue weighted by molar-refractivity contribution is 5.92. The average Bonchev–Trinajstić information content (AvgIpc) is 3.18. The predicted octanol–water partition coefficient (Wildman–Crippen LogP) is 1.35. The van der Waals surface area contributed by atoms with E-state index in [2.05, 4.69) is 15.0 Å². The van der Waals surface area contributed by atoms with Crippen molar-refractivity contribution in [2.75, 3.05) is 32.9 Å². The quantitative estimate of drug-likeness (QED) is 0.836. The summed E-state index contributed by atoms with van der Waals surface area (Å²) in [6, 6.07) is 5.58. The Balaban J connectivity index is 1.47. The summed E-state index contributed by atoms with van der Waals surface area (Å²) in [7, 11) is 0. The van der Waals surface area contributed by atoms with Gasteiger partial charge in [0.05, 0.1) is 37.1 Å². The van der Waals surface area contributed by atoms with Gasteiger partial charge >= 0.3 is 0 Å². The monoisotopic (exact) mass is 340 g/mol. The summed E-state index contributed by atoms with van der Waals surface area (Å²) in [5.74, 6) is 0.773. The number of nitrogens with zero attached hydrogens (tertiary/aromatic N) is 4. The number of aryl methyl sites for hydroxylation is 1. The highest BCUT2D eigenvalue weighted by Gasteiger charge is 2.52. The predicted molar refractivity (Wildman–Crippen MR) is 89.1 cm³/mol. The van der Waals surface area contributed by atoms with Gasteiger partial charge in [-0.1, -0.05) is 6.07 Å². The summed E-state index contributed by atoms with van der Waals surface area (Å²) < 4.78 is 11.6. The molecule has 2 fully saturated rings. The minimum Gasteiger partial charge on any atom is -0.477 e. The van der Waals surface area contributed by atoms with Crippen LogP contribution >= 0.6 is 0 Å². The topological polar surface area (TPSA) is 77.4 Å². The fraction of sp³-hybridized carbons (Fsp3) is 0.444. The van der Waals surface area contributed by atoms with E-state index in [0.717, 1.165) is 5.69 Å². The molecule has 0 aliphatic carbocycles. The molecule has 2 atom stereocenters. The zero-order chi connectivity index (χ0) is 17.3. The molecule has 130 valence electrons. The summed E-state index contributed by atoms with van der Waals surface area (Å²) in [5.41, 5.74) is 0.987. The van der Waals surface area contributed by atoms with Gasteiger partial charge < -0.3 is 14.4 Å². The molecule has 2 aliphatic heterocycles. The Morgan fingerprint density at radius 1 is 1.36 bits per heavy atom. The van der Waals surface area contributed by atoms with Crippen molar-refractivity contribution in [3.8, 4) is 5.88 Å². The van der Waals surface area contributed by atoms with Crippen molar-refractivity contribution in [1.29, 1.82) is 0 Å². The lowest BCUT2D eigenvalue weighted by atomic mass is 9.82. The second-order valence-electron chi connectivity index (χ2n) is 6.76. The largest absolute Gasteiger partial charge is 0.477 e. The van der Waals surface area contributed by atoms with Gasteiger partial charge in [0, 0.05) is 37.5 Å². The Hall–Kier alpha value is -2.54. The van der Waals surface area contributed by atoms with Crippen molar-refractivity contribution in [3.05, 3.63) is 48.2 Å². The molecular weight excluding hydrogens is 320 g/mol. The number of carbonyl (C=O) groups is 1. The van der Waals surface area contributed by atoms with Crippen LogP contribution in [0.15, 0.2) is 36.8 Å². The molecule has 2 aromatic rings. The summed E-state index contributed by atoms with van der Waals surface area (Å²) in [6.45, 7) is 4.82. The van der Waals surface area contributed by atoms with E-state index in [1.54, 1.807) is 18.6 Å². The van der Waals surface area contributed by atoms with Gasteiger partial charge in [-0.15, -0.1) is 0 Å². The first-order chi connectivity index (χ1) is 12.2. The van der Waals surface area contributed by atoms with Crippen LogP contribution in [0.1, 0.15) is 16.2 Å². The number of pyridine rings is 1. The first kappa shape index (κ1) is 16.0. The molecule has 0 spiro atoms. The summed E-state index contributed by atoms with van der Waals surface area (Å²) in [6.07, 6.45) is 4.86. The minimum atomic E-state index is -0.189. The molecular formula is C18H20N4O3. The second-order valence-corrected chi connectivity index (χ2v) is 6.76. The molecule has 4 heterocycles. The van der Waals surface area contributed by atoms with Gasteiger partial charge in [0.1, 0.15) is 5.69 Å². The lowest BCUT2D eigenvalue weighted by molar-refractivity contribution is 0.0650. The smallest absolute Gasteiger partial charge is 0.274 e. The van der Waals surface area contributed by atoms with E-state index in [1.165, 1.54) is 0 Å². The van der Waals surface area contributed by atoms with Crippen molar-refractivity contribution in [3.63, 3.8) is 0 Å². The molecule has 7 heteroatoms. The maximum absolute atomic E-state index is 12.7. The lowest BCUT2D eigenvalue weighted by Gasteiger charge is -2.26. The van der Waals surface area contributed by atoms with Crippen LogP contribution in [-0.2, 0) is 4.74 Å². The van der Waals surface area contributed by atoms with Gasteiger partial charge in [0.25, 0.3) is 5.91 Å². The van der Waals surface area contributed by atoms with Crippen molar-refractivity contribution in [2.24, 2.45) is 11.3 Å². The standard InChI is InChI=1S/C18H20N4O3/c1-13-6-21-15(7-20-13)17(23)22-8-14-9-24-11-18(14,10-22)12-25-16-4-2-3-5-19-16/h2-7,14H,8-12H2,1H3/t14-,18+/m1/s1. The molecule has 0 bridgehead atoms. The highest BCUT2D eigenvalue weighted by atomic mass is 16.5. The van der Waals surface area contributed by atoms with E-state index in [9.17, 15) is 4.79 Å². The third-order valence-corrected chi connectivity index (χ3v) is 4.95. The van der Waals surface area contributed by atoms with Crippen LogP contribution in [0, 0.1) is 18.3 Å². The number of hydrogen-bond acceptors (Lipinski definition) is 6. The molecule has 25 heavy (non-hydrogen) atoms. The van der Waals surface area contributed by atoms with Crippen LogP contribution in [0.3, 0.4) is 0 Å². The molecule has 0 aromatic carbocycles. The lowest BCUT2D eigenvalue weighted by Crippen LogP contribution is -2.38. The van der Waals surface area contributed by atoms with E-state index in [-0.39, 0.29) is 17.2 Å². The molecule has 2 aromatic heterocycles. The fourth-order valence-electron chi connectivity index (χ4n) is 3.51. The van der Waals surface area contributed by atoms with Crippen molar-refractivity contribution < 1.29 is 14.3 Å². The number of amides is 1. The molecule has 2 aliphatic rings. The zero-order valence-corrected chi connectivity index (χ0v) is 14.1. The van der Waals surface area contributed by atoms with Gasteiger partial charge in [0.15, 0.2) is 0 Å². The fourth-order valence-corrected chi connectivity index (χ4v) is 3.51. The van der Waals surface area contributed by atoms with E-state index < -0.39 is 0 Å². The van der Waals surface area contributed by atoms with Gasteiger partial charge in [-0.3, -0.25) is 9.78 Å². The highest BCUT2D eigenvalue weighted by Crippen LogP contribution is 2.42. The van der Waals surface area contributed by atoms with Crippen LogP contribution in [0.2, 0.25) is 0 Å². The van der Waals surface area contributed by atoms with Crippen LogP contribution < -0.4 is 4.74 Å². The van der Waals surface area contributed by atoms with Crippen LogP contribution in [0.25, 0.3) is 0 Å². The molecule has 0 saturated carbocycles. The van der Waals surface area contributed by atoms with Gasteiger partial charge in [0.2, 0.25) is 5.88 Å². The number of likely N-dealkylation sites (tertiary alicyclic amines) is 1. The van der Waals surface area contributed by atoms with Gasteiger partial charge in [-0.2, -0.15) is 0 Å². The normalized spacial score (nSPS) is 25.0. The Morgan fingerprint density at radius 3 is 3.04 bits per heavy atom. The van der Waals surface area contributed by atoms with Crippen LogP contribution in [-0.4, -0.2) is 58.7 Å². The summed E-state index contributed by atoms with van der Waals surface area (Å²) in [4.78, 5) is 27.2. The Labute approximate surface area is 146 Å². The number of rotatable bonds is 4. The number of fused-ring (bicyclic) bond motifs is 1. The zero-order valence-electron chi connectivity index (χ0n) is 14.1. The van der Waals surface area contributed by atoms with Gasteiger partial charge in [-0.05, 0) is 13.0 Å². The van der Waals surface area contributed by atoms with Crippen molar-refractivity contribution in [2.45, 2.75) is 6.92 Å². The van der Waals surface area contributed by atoms with E-state index in [4.69, 9.17) is 9.47 Å². The second kappa shape index (κ2) is 6.40. The Bertz CT molecular complexity index is 753. The number of aromatic nitrogens is 3. The van der Waals surface area contributed by atoms with Crippen LogP contribution in [0.5, 0.6) is 5.88 Å². The Kier molecular flexibility index (Phi) is 4.09. The Morgan fingerprint density at radius 2 is 2.28 bits per heavy atom. The van der Waals surface area contributed by atoms with Crippen LogP contribution in [0.4, 0.5) is 0 Å². The molecule has 0 N–H and O–H groups in total. The number of carbonyl (C=O) groups excluding carboxylic acids is 1. The third-order valence-electron chi connectivity index (χ3n) is 4.95. The van der Waals surface area contributed by atoms with E-state index >= 15 is 0 Å². The molecule has 4 rings (SSSR count). The first-order valence-electron chi connectivity index (χ1n) is 8.36. The van der Waals surface area contributed by atoms with E-state index in [1.807, 2.05) is 30.0 Å².